The highest BCUT2D eigenvalue weighted by Gasteiger charge is 2.51. The van der Waals surface area contributed by atoms with E-state index in [-0.39, 0.29) is 5.60 Å². The van der Waals surface area contributed by atoms with Crippen LogP contribution >= 0.6 is 0 Å². The normalized spacial score (nSPS) is 42.5. The standard InChI is InChI=1S/C11H18O2/c1-2-4-6-11(5-3-1)7-9-10(13-9)8-12-11/h9-10H,1-8H2. The van der Waals surface area contributed by atoms with E-state index in [1.165, 1.54) is 44.9 Å². The number of hydrogen-bond acceptors (Lipinski definition) is 2. The van der Waals surface area contributed by atoms with Crippen LogP contribution in [0.1, 0.15) is 44.9 Å². The monoisotopic (exact) mass is 182 g/mol. The summed E-state index contributed by atoms with van der Waals surface area (Å²) in [6, 6.07) is 0. The average molecular weight is 182 g/mol. The minimum absolute atomic E-state index is 0.230. The van der Waals surface area contributed by atoms with Crippen LogP contribution < -0.4 is 0 Å². The Bertz CT molecular complexity index is 189. The molecule has 0 aromatic carbocycles. The topological polar surface area (TPSA) is 21.8 Å². The van der Waals surface area contributed by atoms with Gasteiger partial charge in [-0.3, -0.25) is 0 Å². The lowest BCUT2D eigenvalue weighted by Crippen LogP contribution is -2.39. The van der Waals surface area contributed by atoms with E-state index >= 15 is 0 Å². The summed E-state index contributed by atoms with van der Waals surface area (Å²) >= 11 is 0. The third kappa shape index (κ3) is 1.50. The van der Waals surface area contributed by atoms with Gasteiger partial charge in [-0.2, -0.15) is 0 Å². The molecule has 1 spiro atoms. The summed E-state index contributed by atoms with van der Waals surface area (Å²) in [5.41, 5.74) is 0.230. The van der Waals surface area contributed by atoms with Gasteiger partial charge in [0.15, 0.2) is 0 Å². The Kier molecular flexibility index (Phi) is 1.88. The van der Waals surface area contributed by atoms with Crippen LogP contribution in [0.15, 0.2) is 0 Å². The molecule has 0 radical (unpaired) electrons. The molecule has 0 N–H and O–H groups in total. The van der Waals surface area contributed by atoms with Gasteiger partial charge in [0.05, 0.1) is 18.3 Å². The molecule has 2 heteroatoms. The number of epoxide rings is 1. The first kappa shape index (κ1) is 8.25. The summed E-state index contributed by atoms with van der Waals surface area (Å²) in [4.78, 5) is 0. The fourth-order valence-corrected chi connectivity index (χ4v) is 2.91. The number of ether oxygens (including phenoxy) is 2. The number of hydrogen-bond donors (Lipinski definition) is 0. The van der Waals surface area contributed by atoms with Crippen LogP contribution in [-0.2, 0) is 9.47 Å². The van der Waals surface area contributed by atoms with Gasteiger partial charge in [0.2, 0.25) is 0 Å². The summed E-state index contributed by atoms with van der Waals surface area (Å²) in [6.45, 7) is 0.866. The van der Waals surface area contributed by atoms with E-state index < -0.39 is 0 Å². The molecule has 13 heavy (non-hydrogen) atoms. The van der Waals surface area contributed by atoms with Crippen LogP contribution in [0.2, 0.25) is 0 Å². The van der Waals surface area contributed by atoms with E-state index in [0.717, 1.165) is 6.61 Å². The number of rotatable bonds is 0. The lowest BCUT2D eigenvalue weighted by molar-refractivity contribution is -0.0759. The zero-order valence-electron chi connectivity index (χ0n) is 8.13. The molecule has 0 aromatic rings. The van der Waals surface area contributed by atoms with Gasteiger partial charge in [0.1, 0.15) is 6.10 Å². The van der Waals surface area contributed by atoms with Gasteiger partial charge >= 0.3 is 0 Å². The van der Waals surface area contributed by atoms with Crippen molar-refractivity contribution in [2.24, 2.45) is 0 Å². The minimum Gasteiger partial charge on any atom is -0.372 e. The molecular formula is C11H18O2. The maximum absolute atomic E-state index is 6.02. The first-order valence-corrected chi connectivity index (χ1v) is 5.67. The van der Waals surface area contributed by atoms with Crippen LogP contribution in [0, 0.1) is 0 Å². The van der Waals surface area contributed by atoms with E-state index in [1.54, 1.807) is 0 Å². The molecule has 0 aromatic heterocycles. The molecule has 1 aliphatic carbocycles. The molecule has 3 rings (SSSR count). The van der Waals surface area contributed by atoms with Gasteiger partial charge in [-0.1, -0.05) is 25.7 Å². The van der Waals surface area contributed by atoms with Gasteiger partial charge in [-0.25, -0.2) is 0 Å². The smallest absolute Gasteiger partial charge is 0.108 e. The zero-order chi connectivity index (χ0) is 8.73. The molecule has 2 atom stereocenters. The fourth-order valence-electron chi connectivity index (χ4n) is 2.91. The molecule has 2 nitrogen and oxygen atoms in total. The molecule has 2 aliphatic heterocycles. The van der Waals surface area contributed by atoms with Gasteiger partial charge in [0, 0.05) is 6.42 Å². The van der Waals surface area contributed by atoms with Gasteiger partial charge < -0.3 is 9.47 Å². The lowest BCUT2D eigenvalue weighted by Gasteiger charge is -2.34. The van der Waals surface area contributed by atoms with Gasteiger partial charge in [0.25, 0.3) is 0 Å². The van der Waals surface area contributed by atoms with E-state index in [4.69, 9.17) is 9.47 Å². The van der Waals surface area contributed by atoms with Crippen molar-refractivity contribution in [3.8, 4) is 0 Å². The van der Waals surface area contributed by atoms with Crippen molar-refractivity contribution in [1.29, 1.82) is 0 Å². The Hall–Kier alpha value is -0.0800. The Morgan fingerprint density at radius 2 is 1.69 bits per heavy atom. The number of fused-ring (bicyclic) bond motifs is 1. The summed E-state index contributed by atoms with van der Waals surface area (Å²) in [5, 5.41) is 0. The van der Waals surface area contributed by atoms with Crippen molar-refractivity contribution in [2.45, 2.75) is 62.8 Å². The lowest BCUT2D eigenvalue weighted by atomic mass is 9.87. The highest BCUT2D eigenvalue weighted by Crippen LogP contribution is 2.44. The second-order valence-corrected chi connectivity index (χ2v) is 4.83. The van der Waals surface area contributed by atoms with Gasteiger partial charge in [-0.05, 0) is 12.8 Å². The van der Waals surface area contributed by atoms with E-state index in [0.29, 0.717) is 12.2 Å². The van der Waals surface area contributed by atoms with Crippen molar-refractivity contribution in [2.75, 3.05) is 6.61 Å². The molecule has 2 heterocycles. The predicted molar refractivity (Wildman–Crippen MR) is 49.7 cm³/mol. The highest BCUT2D eigenvalue weighted by molar-refractivity contribution is 4.99. The molecule has 3 fully saturated rings. The van der Waals surface area contributed by atoms with Crippen LogP contribution in [-0.4, -0.2) is 24.4 Å². The van der Waals surface area contributed by atoms with E-state index in [1.807, 2.05) is 0 Å². The maximum atomic E-state index is 6.02. The summed E-state index contributed by atoms with van der Waals surface area (Å²) in [6.07, 6.45) is 10.3. The largest absolute Gasteiger partial charge is 0.372 e. The van der Waals surface area contributed by atoms with Crippen LogP contribution in [0.25, 0.3) is 0 Å². The molecule has 0 bridgehead atoms. The van der Waals surface area contributed by atoms with Crippen molar-refractivity contribution in [3.63, 3.8) is 0 Å². The molecule has 74 valence electrons. The second-order valence-electron chi connectivity index (χ2n) is 4.83. The Morgan fingerprint density at radius 3 is 2.38 bits per heavy atom. The Balaban J connectivity index is 1.70. The van der Waals surface area contributed by atoms with Crippen molar-refractivity contribution < 1.29 is 9.47 Å². The summed E-state index contributed by atoms with van der Waals surface area (Å²) < 4.78 is 11.5. The van der Waals surface area contributed by atoms with Crippen LogP contribution in [0.5, 0.6) is 0 Å². The third-order valence-electron chi connectivity index (χ3n) is 3.83. The highest BCUT2D eigenvalue weighted by atomic mass is 16.6. The summed E-state index contributed by atoms with van der Waals surface area (Å²) in [7, 11) is 0. The van der Waals surface area contributed by atoms with E-state index in [2.05, 4.69) is 0 Å². The van der Waals surface area contributed by atoms with Crippen molar-refractivity contribution in [1.82, 2.24) is 0 Å². The molecular weight excluding hydrogens is 164 g/mol. The van der Waals surface area contributed by atoms with E-state index in [9.17, 15) is 0 Å². The van der Waals surface area contributed by atoms with Crippen LogP contribution in [0.4, 0.5) is 0 Å². The van der Waals surface area contributed by atoms with Crippen LogP contribution in [0.3, 0.4) is 0 Å². The average Bonchev–Trinajstić information content (AvgIpc) is 2.90. The summed E-state index contributed by atoms with van der Waals surface area (Å²) in [5.74, 6) is 0. The molecule has 0 amide bonds. The second kappa shape index (κ2) is 2.96. The minimum atomic E-state index is 0.230. The zero-order valence-corrected chi connectivity index (χ0v) is 8.13. The Morgan fingerprint density at radius 1 is 0.923 bits per heavy atom. The molecule has 2 unspecified atom stereocenters. The van der Waals surface area contributed by atoms with Gasteiger partial charge in [-0.15, -0.1) is 0 Å². The SMILES string of the molecule is C1CCCC2(CC1)CC1OC1CO2. The third-order valence-corrected chi connectivity index (χ3v) is 3.83. The van der Waals surface area contributed by atoms with Crippen molar-refractivity contribution in [3.05, 3.63) is 0 Å². The maximum Gasteiger partial charge on any atom is 0.108 e. The molecule has 1 saturated carbocycles. The first-order chi connectivity index (χ1) is 6.38. The molecule has 3 aliphatic rings. The van der Waals surface area contributed by atoms with Crippen molar-refractivity contribution >= 4 is 0 Å². The molecule has 2 saturated heterocycles. The predicted octanol–water partition coefficient (Wildman–Crippen LogP) is 2.27. The Labute approximate surface area is 79.6 Å². The first-order valence-electron chi connectivity index (χ1n) is 5.67. The fraction of sp³-hybridized carbons (Fsp3) is 1.00. The quantitative estimate of drug-likeness (QED) is 0.536.